The lowest BCUT2D eigenvalue weighted by Crippen LogP contribution is -2.45. The first kappa shape index (κ1) is 23.8. The Bertz CT molecular complexity index is 877. The Hall–Kier alpha value is -2.88. The van der Waals surface area contributed by atoms with Gasteiger partial charge in [0.2, 0.25) is 5.96 Å². The molecule has 1 amide bonds. The van der Waals surface area contributed by atoms with Gasteiger partial charge in [0.15, 0.2) is 0 Å². The molecule has 1 heterocycles. The number of hydrogen-bond donors (Lipinski definition) is 0. The van der Waals surface area contributed by atoms with Gasteiger partial charge in [0.1, 0.15) is 5.70 Å². The zero-order valence-corrected chi connectivity index (χ0v) is 19.7. The second kappa shape index (κ2) is 12.8. The molecule has 0 saturated heterocycles. The van der Waals surface area contributed by atoms with Crippen LogP contribution in [0.5, 0.6) is 0 Å². The lowest BCUT2D eigenvalue weighted by molar-refractivity contribution is -0.113. The lowest BCUT2D eigenvalue weighted by Gasteiger charge is -2.29. The number of carbonyl (C=O) groups excluding carboxylic acids is 1. The second-order valence-electron chi connectivity index (χ2n) is 8.44. The normalized spacial score (nSPS) is 14.8. The smallest absolute Gasteiger partial charge is 0.283 e. The second-order valence-corrected chi connectivity index (χ2v) is 8.44. The Kier molecular flexibility index (Phi) is 9.55. The van der Waals surface area contributed by atoms with Crippen LogP contribution in [-0.2, 0) is 4.79 Å². The van der Waals surface area contributed by atoms with E-state index in [0.717, 1.165) is 43.1 Å². The van der Waals surface area contributed by atoms with Crippen LogP contribution in [0.1, 0.15) is 70.8 Å². The van der Waals surface area contributed by atoms with E-state index in [4.69, 9.17) is 4.99 Å². The molecule has 170 valence electrons. The highest BCUT2D eigenvalue weighted by Crippen LogP contribution is 2.27. The van der Waals surface area contributed by atoms with Gasteiger partial charge in [0.25, 0.3) is 5.91 Å². The standard InChI is InChI=1S/C28H37N3O/c1-3-5-7-15-21-30(22-16-8-6-4-2)28-29-26(23-24-17-11-9-12-18-24)27(32)31(28)25-19-13-10-14-20-25/h9-14,17-20,23H,3-8,15-16,21-22H2,1-2H3/b26-23+. The van der Waals surface area contributed by atoms with Crippen LogP contribution < -0.4 is 4.90 Å². The molecule has 1 aliphatic rings. The van der Waals surface area contributed by atoms with E-state index in [1.807, 2.05) is 66.7 Å². The minimum Gasteiger partial charge on any atom is -0.342 e. The fourth-order valence-electron chi connectivity index (χ4n) is 4.00. The van der Waals surface area contributed by atoms with Crippen LogP contribution in [0.15, 0.2) is 71.4 Å². The van der Waals surface area contributed by atoms with Crippen LogP contribution in [0, 0.1) is 0 Å². The molecule has 2 aromatic carbocycles. The Labute approximate surface area is 193 Å². The van der Waals surface area contributed by atoms with E-state index < -0.39 is 0 Å². The van der Waals surface area contributed by atoms with E-state index in [1.54, 1.807) is 4.90 Å². The van der Waals surface area contributed by atoms with E-state index in [9.17, 15) is 4.79 Å². The predicted octanol–water partition coefficient (Wildman–Crippen LogP) is 6.89. The summed E-state index contributed by atoms with van der Waals surface area (Å²) in [6.45, 7) is 6.33. The van der Waals surface area contributed by atoms with Gasteiger partial charge >= 0.3 is 0 Å². The van der Waals surface area contributed by atoms with Crippen LogP contribution in [0.25, 0.3) is 6.08 Å². The lowest BCUT2D eigenvalue weighted by atomic mass is 10.1. The van der Waals surface area contributed by atoms with E-state index in [1.165, 1.54) is 38.5 Å². The van der Waals surface area contributed by atoms with E-state index >= 15 is 0 Å². The number of amides is 1. The number of anilines is 1. The molecule has 0 atom stereocenters. The molecule has 0 spiro atoms. The molecule has 4 nitrogen and oxygen atoms in total. The Morgan fingerprint density at radius 3 is 1.91 bits per heavy atom. The van der Waals surface area contributed by atoms with Crippen molar-refractivity contribution in [2.24, 2.45) is 4.99 Å². The molecule has 4 heteroatoms. The Balaban J connectivity index is 1.91. The maximum absolute atomic E-state index is 13.5. The molecule has 0 radical (unpaired) electrons. The molecule has 32 heavy (non-hydrogen) atoms. The largest absolute Gasteiger partial charge is 0.342 e. The number of unbranched alkanes of at least 4 members (excludes halogenated alkanes) is 6. The number of carbonyl (C=O) groups is 1. The molecular formula is C28H37N3O. The monoisotopic (exact) mass is 431 g/mol. The number of rotatable bonds is 12. The Morgan fingerprint density at radius 1 is 0.781 bits per heavy atom. The number of nitrogens with zero attached hydrogens (tertiary/aromatic N) is 3. The molecule has 0 aromatic heterocycles. The van der Waals surface area contributed by atoms with E-state index in [2.05, 4.69) is 18.7 Å². The molecule has 3 rings (SSSR count). The van der Waals surface area contributed by atoms with Crippen LogP contribution in [0.3, 0.4) is 0 Å². The molecule has 0 aliphatic carbocycles. The third-order valence-corrected chi connectivity index (χ3v) is 5.81. The van der Waals surface area contributed by atoms with Crippen LogP contribution in [-0.4, -0.2) is 29.9 Å². The summed E-state index contributed by atoms with van der Waals surface area (Å²) in [4.78, 5) is 22.5. The van der Waals surface area contributed by atoms with Gasteiger partial charge in [-0.3, -0.25) is 4.79 Å². The highest BCUT2D eigenvalue weighted by atomic mass is 16.2. The zero-order valence-electron chi connectivity index (χ0n) is 19.7. The van der Waals surface area contributed by atoms with Gasteiger partial charge < -0.3 is 4.90 Å². The fourth-order valence-corrected chi connectivity index (χ4v) is 4.00. The maximum atomic E-state index is 13.5. The fraction of sp³-hybridized carbons (Fsp3) is 0.429. The molecule has 2 aromatic rings. The average molecular weight is 432 g/mol. The van der Waals surface area contributed by atoms with E-state index in [-0.39, 0.29) is 5.91 Å². The molecule has 1 aliphatic heterocycles. The summed E-state index contributed by atoms with van der Waals surface area (Å²) in [6, 6.07) is 19.9. The first-order valence-electron chi connectivity index (χ1n) is 12.2. The van der Waals surface area contributed by atoms with Crippen molar-refractivity contribution in [2.75, 3.05) is 18.0 Å². The first-order chi connectivity index (χ1) is 15.7. The van der Waals surface area contributed by atoms with E-state index in [0.29, 0.717) is 5.70 Å². The summed E-state index contributed by atoms with van der Waals surface area (Å²) in [5.74, 6) is 0.721. The van der Waals surface area contributed by atoms with Gasteiger partial charge in [0, 0.05) is 13.1 Å². The summed E-state index contributed by atoms with van der Waals surface area (Å²) >= 11 is 0. The molecule has 0 saturated carbocycles. The first-order valence-corrected chi connectivity index (χ1v) is 12.2. The zero-order chi connectivity index (χ0) is 22.6. The number of benzene rings is 2. The molecule has 0 N–H and O–H groups in total. The molecule has 0 unspecified atom stereocenters. The van der Waals surface area contributed by atoms with Crippen LogP contribution >= 0.6 is 0 Å². The van der Waals surface area contributed by atoms with Crippen molar-refractivity contribution < 1.29 is 4.79 Å². The number of aliphatic imine (C=N–C) groups is 1. The van der Waals surface area contributed by atoms with Crippen molar-refractivity contribution in [3.05, 3.63) is 71.9 Å². The van der Waals surface area contributed by atoms with Gasteiger partial charge in [0.05, 0.1) is 5.69 Å². The topological polar surface area (TPSA) is 35.9 Å². The highest BCUT2D eigenvalue weighted by molar-refractivity contribution is 6.28. The minimum absolute atomic E-state index is 0.0535. The molecular weight excluding hydrogens is 394 g/mol. The molecule has 0 fully saturated rings. The van der Waals surface area contributed by atoms with Crippen molar-refractivity contribution in [3.63, 3.8) is 0 Å². The van der Waals surface area contributed by atoms with Crippen LogP contribution in [0.4, 0.5) is 5.69 Å². The predicted molar refractivity (Wildman–Crippen MR) is 136 cm³/mol. The summed E-state index contributed by atoms with van der Waals surface area (Å²) in [5.41, 5.74) is 2.37. The van der Waals surface area contributed by atoms with Crippen molar-refractivity contribution in [2.45, 2.75) is 65.2 Å². The maximum Gasteiger partial charge on any atom is 0.283 e. The third-order valence-electron chi connectivity index (χ3n) is 5.81. The van der Waals surface area contributed by atoms with Crippen molar-refractivity contribution >= 4 is 23.6 Å². The van der Waals surface area contributed by atoms with Crippen molar-refractivity contribution in [1.29, 1.82) is 0 Å². The van der Waals surface area contributed by atoms with Gasteiger partial charge in [-0.1, -0.05) is 101 Å². The quantitative estimate of drug-likeness (QED) is 0.271. The average Bonchev–Trinajstić information content (AvgIpc) is 3.15. The number of hydrogen-bond acceptors (Lipinski definition) is 3. The van der Waals surface area contributed by atoms with Gasteiger partial charge in [-0.05, 0) is 36.6 Å². The minimum atomic E-state index is -0.0535. The van der Waals surface area contributed by atoms with Crippen LogP contribution in [0.2, 0.25) is 0 Å². The van der Waals surface area contributed by atoms with Crippen molar-refractivity contribution in [1.82, 2.24) is 4.90 Å². The third kappa shape index (κ3) is 6.56. The number of guanidine groups is 1. The SMILES string of the molecule is CCCCCCN(CCCCCC)C1=N/C(=C/c2ccccc2)C(=O)N1c1ccccc1. The highest BCUT2D eigenvalue weighted by Gasteiger charge is 2.34. The van der Waals surface area contributed by atoms with Gasteiger partial charge in [-0.2, -0.15) is 0 Å². The molecule has 0 bridgehead atoms. The summed E-state index contributed by atoms with van der Waals surface area (Å²) < 4.78 is 0. The summed E-state index contributed by atoms with van der Waals surface area (Å²) in [7, 11) is 0. The van der Waals surface area contributed by atoms with Gasteiger partial charge in [-0.25, -0.2) is 9.89 Å². The summed E-state index contributed by atoms with van der Waals surface area (Å²) in [5, 5.41) is 0. The Morgan fingerprint density at radius 2 is 1.34 bits per heavy atom. The van der Waals surface area contributed by atoms with Gasteiger partial charge in [-0.15, -0.1) is 0 Å². The summed E-state index contributed by atoms with van der Waals surface area (Å²) in [6.07, 6.45) is 11.5. The van der Waals surface area contributed by atoms with Crippen molar-refractivity contribution in [3.8, 4) is 0 Å². The number of para-hydroxylation sites is 1.